The molecule has 0 aromatic carbocycles. The van der Waals surface area contributed by atoms with Crippen LogP contribution < -0.4 is 11.1 Å². The van der Waals surface area contributed by atoms with Gasteiger partial charge in [-0.05, 0) is 44.8 Å². The van der Waals surface area contributed by atoms with E-state index in [0.717, 1.165) is 25.9 Å². The maximum absolute atomic E-state index is 10.4. The van der Waals surface area contributed by atoms with Crippen LogP contribution in [0.5, 0.6) is 0 Å². The lowest BCUT2D eigenvalue weighted by Gasteiger charge is -2.34. The van der Waals surface area contributed by atoms with Crippen molar-refractivity contribution in [3.05, 3.63) is 11.8 Å². The summed E-state index contributed by atoms with van der Waals surface area (Å²) < 4.78 is 0. The second kappa shape index (κ2) is 5.46. The molecule has 0 amide bonds. The first-order chi connectivity index (χ1) is 7.81. The Hall–Kier alpha value is -0.870. The molecule has 16 heavy (non-hydrogen) atoms. The van der Waals surface area contributed by atoms with Gasteiger partial charge in [0.2, 0.25) is 0 Å². The molecule has 4 nitrogen and oxygen atoms in total. The number of nitrogens with zero attached hydrogens (tertiary/aromatic N) is 1. The Morgan fingerprint density at radius 1 is 1.25 bits per heavy atom. The first-order valence-corrected chi connectivity index (χ1v) is 6.17. The van der Waals surface area contributed by atoms with E-state index in [-0.39, 0.29) is 0 Å². The van der Waals surface area contributed by atoms with E-state index in [1.54, 1.807) is 0 Å². The fourth-order valence-corrected chi connectivity index (χ4v) is 2.45. The highest BCUT2D eigenvalue weighted by molar-refractivity contribution is 5.65. The molecule has 2 aliphatic rings. The van der Waals surface area contributed by atoms with Crippen LogP contribution in [0.15, 0.2) is 11.8 Å². The van der Waals surface area contributed by atoms with Crippen LogP contribution in [0.3, 0.4) is 0 Å². The van der Waals surface area contributed by atoms with Crippen molar-refractivity contribution < 1.29 is 4.79 Å². The average Bonchev–Trinajstić information content (AvgIpc) is 3.11. The molecule has 0 radical (unpaired) electrons. The Morgan fingerprint density at radius 2 is 1.88 bits per heavy atom. The highest BCUT2D eigenvalue weighted by Crippen LogP contribution is 2.31. The minimum Gasteiger partial charge on any atom is -0.401 e. The largest absolute Gasteiger partial charge is 0.401 e. The molecule has 0 aromatic heterocycles. The minimum atomic E-state index is 0.646. The summed E-state index contributed by atoms with van der Waals surface area (Å²) in [6.45, 7) is 2.96. The molecule has 90 valence electrons. The number of nitrogens with one attached hydrogen (secondary N) is 1. The van der Waals surface area contributed by atoms with Crippen molar-refractivity contribution in [2.24, 2.45) is 5.73 Å². The molecule has 2 rings (SSSR count). The van der Waals surface area contributed by atoms with Crippen molar-refractivity contribution in [2.75, 3.05) is 19.6 Å². The Balaban J connectivity index is 1.93. The molecule has 0 aromatic rings. The SMILES string of the molecule is NC(=CC=O)CN(C1CCNCC1)C1CC1. The van der Waals surface area contributed by atoms with Gasteiger partial charge in [-0.3, -0.25) is 9.69 Å². The van der Waals surface area contributed by atoms with Crippen LogP contribution in [0.2, 0.25) is 0 Å². The number of aldehydes is 1. The van der Waals surface area contributed by atoms with E-state index >= 15 is 0 Å². The van der Waals surface area contributed by atoms with E-state index in [4.69, 9.17) is 5.73 Å². The second-order valence-electron chi connectivity index (χ2n) is 4.76. The van der Waals surface area contributed by atoms with Crippen molar-refractivity contribution in [2.45, 2.75) is 37.8 Å². The Kier molecular flexibility index (Phi) is 3.96. The van der Waals surface area contributed by atoms with Crippen LogP contribution in [0.25, 0.3) is 0 Å². The third-order valence-corrected chi connectivity index (χ3v) is 3.44. The van der Waals surface area contributed by atoms with Crippen molar-refractivity contribution in [3.8, 4) is 0 Å². The van der Waals surface area contributed by atoms with E-state index in [2.05, 4.69) is 10.2 Å². The molecular weight excluding hydrogens is 202 g/mol. The van der Waals surface area contributed by atoms with E-state index in [0.29, 0.717) is 17.8 Å². The number of hydrogen-bond acceptors (Lipinski definition) is 4. The normalized spacial score (nSPS) is 23.7. The zero-order chi connectivity index (χ0) is 11.4. The molecule has 3 N–H and O–H groups in total. The number of carbonyl (C=O) groups excluding carboxylic acids is 1. The summed E-state index contributed by atoms with van der Waals surface area (Å²) in [6, 6.07) is 1.36. The maximum atomic E-state index is 10.4. The van der Waals surface area contributed by atoms with Gasteiger partial charge in [0, 0.05) is 24.3 Å². The zero-order valence-electron chi connectivity index (χ0n) is 9.69. The van der Waals surface area contributed by atoms with Gasteiger partial charge in [-0.1, -0.05) is 0 Å². The predicted octanol–water partition coefficient (Wildman–Crippen LogP) is 0.244. The first-order valence-electron chi connectivity index (χ1n) is 6.17. The summed E-state index contributed by atoms with van der Waals surface area (Å²) in [6.07, 6.45) is 7.24. The summed E-state index contributed by atoms with van der Waals surface area (Å²) in [5.41, 5.74) is 6.52. The quantitative estimate of drug-likeness (QED) is 0.518. The summed E-state index contributed by atoms with van der Waals surface area (Å²) in [7, 11) is 0. The van der Waals surface area contributed by atoms with Crippen LogP contribution in [-0.4, -0.2) is 42.9 Å². The third kappa shape index (κ3) is 3.06. The van der Waals surface area contributed by atoms with Crippen molar-refractivity contribution in [1.82, 2.24) is 10.2 Å². The maximum Gasteiger partial charge on any atom is 0.144 e. The van der Waals surface area contributed by atoms with Gasteiger partial charge >= 0.3 is 0 Å². The second-order valence-corrected chi connectivity index (χ2v) is 4.76. The van der Waals surface area contributed by atoms with E-state index in [1.165, 1.54) is 31.8 Å². The van der Waals surface area contributed by atoms with Crippen LogP contribution >= 0.6 is 0 Å². The molecule has 0 unspecified atom stereocenters. The molecule has 1 saturated carbocycles. The Labute approximate surface area is 96.9 Å². The summed E-state index contributed by atoms with van der Waals surface area (Å²) >= 11 is 0. The van der Waals surface area contributed by atoms with Gasteiger partial charge in [-0.25, -0.2) is 0 Å². The van der Waals surface area contributed by atoms with Gasteiger partial charge in [0.1, 0.15) is 6.29 Å². The third-order valence-electron chi connectivity index (χ3n) is 3.44. The molecule has 1 heterocycles. The lowest BCUT2D eigenvalue weighted by Crippen LogP contribution is -2.45. The summed E-state index contributed by atoms with van der Waals surface area (Å²) in [5, 5.41) is 3.38. The molecule has 0 spiro atoms. The van der Waals surface area contributed by atoms with Gasteiger partial charge in [0.05, 0.1) is 0 Å². The van der Waals surface area contributed by atoms with Crippen LogP contribution in [-0.2, 0) is 4.79 Å². The van der Waals surface area contributed by atoms with Gasteiger partial charge in [-0.15, -0.1) is 0 Å². The number of carbonyl (C=O) groups is 1. The van der Waals surface area contributed by atoms with Gasteiger partial charge in [0.15, 0.2) is 0 Å². The highest BCUT2D eigenvalue weighted by Gasteiger charge is 2.34. The first kappa shape index (κ1) is 11.6. The molecule has 2 fully saturated rings. The number of piperidine rings is 1. The fraction of sp³-hybridized carbons (Fsp3) is 0.750. The fourth-order valence-electron chi connectivity index (χ4n) is 2.45. The van der Waals surface area contributed by atoms with Crippen molar-refractivity contribution >= 4 is 6.29 Å². The molecule has 0 atom stereocenters. The topological polar surface area (TPSA) is 58.4 Å². The van der Waals surface area contributed by atoms with E-state index < -0.39 is 0 Å². The van der Waals surface area contributed by atoms with Gasteiger partial charge in [0.25, 0.3) is 0 Å². The van der Waals surface area contributed by atoms with Gasteiger partial charge < -0.3 is 11.1 Å². The van der Waals surface area contributed by atoms with Crippen LogP contribution in [0.4, 0.5) is 0 Å². The lowest BCUT2D eigenvalue weighted by molar-refractivity contribution is -0.104. The molecule has 1 saturated heterocycles. The Morgan fingerprint density at radius 3 is 2.44 bits per heavy atom. The molecule has 1 aliphatic heterocycles. The van der Waals surface area contributed by atoms with Crippen molar-refractivity contribution in [3.63, 3.8) is 0 Å². The average molecular weight is 223 g/mol. The molecule has 4 heteroatoms. The lowest BCUT2D eigenvalue weighted by atomic mass is 10.0. The van der Waals surface area contributed by atoms with Gasteiger partial charge in [-0.2, -0.15) is 0 Å². The number of nitrogens with two attached hydrogens (primary N) is 1. The summed E-state index contributed by atoms with van der Waals surface area (Å²) in [5.74, 6) is 0. The van der Waals surface area contributed by atoms with Crippen molar-refractivity contribution in [1.29, 1.82) is 0 Å². The number of allylic oxidation sites excluding steroid dienone is 1. The standard InChI is InChI=1S/C12H21N3O/c13-10(5-8-16)9-15(11-1-2-11)12-3-6-14-7-4-12/h5,8,11-12,14H,1-4,6-7,9,13H2. The van der Waals surface area contributed by atoms with Crippen LogP contribution in [0.1, 0.15) is 25.7 Å². The Bertz CT molecular complexity index is 267. The highest BCUT2D eigenvalue weighted by atomic mass is 16.1. The molecular formula is C12H21N3O. The number of hydrogen-bond donors (Lipinski definition) is 2. The van der Waals surface area contributed by atoms with Crippen LogP contribution in [0, 0.1) is 0 Å². The predicted molar refractivity (Wildman–Crippen MR) is 64.0 cm³/mol. The monoisotopic (exact) mass is 223 g/mol. The minimum absolute atomic E-state index is 0.646. The number of rotatable bonds is 5. The summed E-state index contributed by atoms with van der Waals surface area (Å²) in [4.78, 5) is 12.9. The molecule has 1 aliphatic carbocycles. The van der Waals surface area contributed by atoms with E-state index in [1.807, 2.05) is 0 Å². The smallest absolute Gasteiger partial charge is 0.144 e. The zero-order valence-corrected chi connectivity index (χ0v) is 9.69. The molecule has 0 bridgehead atoms. The van der Waals surface area contributed by atoms with E-state index in [9.17, 15) is 4.79 Å².